The number of nitrogens with one attached hydrogen (secondary N) is 2. The van der Waals surface area contributed by atoms with Gasteiger partial charge in [-0.25, -0.2) is 0 Å². The third-order valence-corrected chi connectivity index (χ3v) is 3.79. The summed E-state index contributed by atoms with van der Waals surface area (Å²) in [4.78, 5) is 16.7. The molecule has 2 heterocycles. The van der Waals surface area contributed by atoms with E-state index in [0.717, 1.165) is 26.8 Å². The van der Waals surface area contributed by atoms with Gasteiger partial charge in [-0.3, -0.25) is 9.89 Å². The molecule has 2 aromatic heterocycles. The molecule has 0 atom stereocenters. The normalized spacial score (nSPS) is 10.9. The quantitative estimate of drug-likeness (QED) is 0.530. The van der Waals surface area contributed by atoms with Crippen LogP contribution in [0, 0.1) is 6.92 Å². The Bertz CT molecular complexity index is 1080. The largest absolute Gasteiger partial charge is 0.368 e. The highest BCUT2D eigenvalue weighted by Gasteiger charge is 2.16. The number of aromatic amines is 1. The fourth-order valence-corrected chi connectivity index (χ4v) is 2.58. The highest BCUT2D eigenvalue weighted by molar-refractivity contribution is 5.97. The van der Waals surface area contributed by atoms with Crippen LogP contribution in [-0.2, 0) is 0 Å². The van der Waals surface area contributed by atoms with Gasteiger partial charge in [0.1, 0.15) is 0 Å². The van der Waals surface area contributed by atoms with Gasteiger partial charge in [0.2, 0.25) is 11.9 Å². The number of benzene rings is 2. The summed E-state index contributed by atoms with van der Waals surface area (Å²) in [6, 6.07) is 12.9. The van der Waals surface area contributed by atoms with Gasteiger partial charge in [-0.05, 0) is 37.3 Å². The van der Waals surface area contributed by atoms with E-state index in [-0.39, 0.29) is 17.8 Å². The summed E-state index contributed by atoms with van der Waals surface area (Å²) >= 11 is 0. The maximum atomic E-state index is 12.6. The third kappa shape index (κ3) is 2.80. The van der Waals surface area contributed by atoms with Crippen LogP contribution in [-0.4, -0.2) is 30.9 Å². The first-order valence-corrected chi connectivity index (χ1v) is 7.64. The topological polar surface area (TPSA) is 115 Å². The molecule has 0 aliphatic rings. The molecule has 0 saturated carbocycles. The number of nitrogen functional groups attached to an aromatic ring is 1. The Labute approximate surface area is 142 Å². The van der Waals surface area contributed by atoms with Crippen molar-refractivity contribution in [3.63, 3.8) is 0 Å². The molecule has 0 amide bonds. The molecular weight excluding hydrogens is 318 g/mol. The first kappa shape index (κ1) is 14.9. The van der Waals surface area contributed by atoms with Crippen molar-refractivity contribution in [3.8, 4) is 0 Å². The van der Waals surface area contributed by atoms with Crippen LogP contribution in [0.1, 0.15) is 15.9 Å². The average Bonchev–Trinajstić information content (AvgIpc) is 3.20. The van der Waals surface area contributed by atoms with Gasteiger partial charge in [0, 0.05) is 16.6 Å². The lowest BCUT2D eigenvalue weighted by molar-refractivity contribution is 0.0948. The number of hydrogen-bond acceptors (Lipinski definition) is 6. The summed E-state index contributed by atoms with van der Waals surface area (Å²) in [6.45, 7) is 1.92. The SMILES string of the molecule is Cc1cccc(C(=O)n2nc(Nc3ccc4[nH]ncc4c3)nc2N)c1. The lowest BCUT2D eigenvalue weighted by Crippen LogP contribution is -2.16. The molecule has 8 heteroatoms. The molecule has 0 bridgehead atoms. The number of H-pyrrole nitrogens is 1. The van der Waals surface area contributed by atoms with Crippen LogP contribution in [0.15, 0.2) is 48.7 Å². The maximum absolute atomic E-state index is 12.6. The molecule has 8 nitrogen and oxygen atoms in total. The molecule has 0 radical (unpaired) electrons. The summed E-state index contributed by atoms with van der Waals surface area (Å²) in [7, 11) is 0. The van der Waals surface area contributed by atoms with Crippen molar-refractivity contribution in [2.45, 2.75) is 6.92 Å². The standard InChI is InChI=1S/C17H15N7O/c1-10-3-2-4-11(7-10)15(25)24-16(18)21-17(23-24)20-13-5-6-14-12(8-13)9-19-22-14/h2-9H,1H3,(H,19,22)(H3,18,20,21,23). The van der Waals surface area contributed by atoms with Crippen molar-refractivity contribution < 1.29 is 4.79 Å². The number of carbonyl (C=O) groups is 1. The molecule has 2 aromatic carbocycles. The van der Waals surface area contributed by atoms with Crippen molar-refractivity contribution in [2.75, 3.05) is 11.1 Å². The monoisotopic (exact) mass is 333 g/mol. The van der Waals surface area contributed by atoms with Gasteiger partial charge >= 0.3 is 0 Å². The van der Waals surface area contributed by atoms with Crippen LogP contribution >= 0.6 is 0 Å². The fourth-order valence-electron chi connectivity index (χ4n) is 2.58. The van der Waals surface area contributed by atoms with E-state index >= 15 is 0 Å². The minimum atomic E-state index is -0.327. The van der Waals surface area contributed by atoms with Crippen molar-refractivity contribution in [1.82, 2.24) is 25.0 Å². The molecule has 4 rings (SSSR count). The second-order valence-electron chi connectivity index (χ2n) is 5.68. The number of anilines is 3. The van der Waals surface area contributed by atoms with Gasteiger partial charge in [-0.1, -0.05) is 17.7 Å². The van der Waals surface area contributed by atoms with Crippen LogP contribution in [0.25, 0.3) is 10.9 Å². The van der Waals surface area contributed by atoms with Crippen molar-refractivity contribution in [2.24, 2.45) is 0 Å². The van der Waals surface area contributed by atoms with Gasteiger partial charge in [-0.2, -0.15) is 14.8 Å². The zero-order valence-electron chi connectivity index (χ0n) is 13.4. The van der Waals surface area contributed by atoms with E-state index in [1.54, 1.807) is 18.3 Å². The first-order valence-electron chi connectivity index (χ1n) is 7.64. The predicted molar refractivity (Wildman–Crippen MR) is 94.7 cm³/mol. The third-order valence-electron chi connectivity index (χ3n) is 3.79. The van der Waals surface area contributed by atoms with E-state index in [2.05, 4.69) is 25.6 Å². The van der Waals surface area contributed by atoms with Gasteiger partial charge < -0.3 is 11.1 Å². The minimum Gasteiger partial charge on any atom is -0.368 e. The molecule has 0 unspecified atom stereocenters. The number of aryl methyl sites for hydroxylation is 1. The number of aromatic nitrogens is 5. The summed E-state index contributed by atoms with van der Waals surface area (Å²) in [5.41, 5.74) is 9.05. The van der Waals surface area contributed by atoms with Crippen LogP contribution in [0.5, 0.6) is 0 Å². The van der Waals surface area contributed by atoms with Gasteiger partial charge in [0.05, 0.1) is 11.7 Å². The zero-order valence-corrected chi connectivity index (χ0v) is 13.4. The van der Waals surface area contributed by atoms with Crippen LogP contribution < -0.4 is 11.1 Å². The summed E-state index contributed by atoms with van der Waals surface area (Å²) in [5, 5.41) is 15.0. The number of rotatable bonds is 3. The predicted octanol–water partition coefficient (Wildman–Crippen LogP) is 2.48. The minimum absolute atomic E-state index is 0.0263. The molecule has 4 N–H and O–H groups in total. The van der Waals surface area contributed by atoms with E-state index < -0.39 is 0 Å². The lowest BCUT2D eigenvalue weighted by Gasteiger charge is -2.03. The number of carbonyl (C=O) groups excluding carboxylic acids is 1. The van der Waals surface area contributed by atoms with Crippen LogP contribution in [0.2, 0.25) is 0 Å². The molecule has 25 heavy (non-hydrogen) atoms. The molecule has 0 aliphatic carbocycles. The summed E-state index contributed by atoms with van der Waals surface area (Å²) in [6.07, 6.45) is 1.72. The summed E-state index contributed by atoms with van der Waals surface area (Å²) in [5.74, 6) is -0.0493. The average molecular weight is 333 g/mol. The van der Waals surface area contributed by atoms with E-state index in [0.29, 0.717) is 5.56 Å². The van der Waals surface area contributed by atoms with Gasteiger partial charge in [0.15, 0.2) is 0 Å². The number of nitrogens with zero attached hydrogens (tertiary/aromatic N) is 4. The van der Waals surface area contributed by atoms with Crippen LogP contribution in [0.3, 0.4) is 0 Å². The second-order valence-corrected chi connectivity index (χ2v) is 5.68. The Kier molecular flexibility index (Phi) is 3.42. The zero-order chi connectivity index (χ0) is 17.4. The van der Waals surface area contributed by atoms with Gasteiger partial charge in [-0.15, -0.1) is 5.10 Å². The maximum Gasteiger partial charge on any atom is 0.281 e. The smallest absolute Gasteiger partial charge is 0.281 e. The van der Waals surface area contributed by atoms with Gasteiger partial charge in [0.25, 0.3) is 5.91 Å². The van der Waals surface area contributed by atoms with E-state index in [9.17, 15) is 4.79 Å². The molecule has 0 spiro atoms. The van der Waals surface area contributed by atoms with Crippen molar-refractivity contribution in [1.29, 1.82) is 0 Å². The summed E-state index contributed by atoms with van der Waals surface area (Å²) < 4.78 is 1.09. The number of hydrogen-bond donors (Lipinski definition) is 3. The fraction of sp³-hybridized carbons (Fsp3) is 0.0588. The molecule has 0 fully saturated rings. The Balaban J connectivity index is 1.62. The molecule has 4 aromatic rings. The lowest BCUT2D eigenvalue weighted by atomic mass is 10.1. The molecular formula is C17H15N7O. The van der Waals surface area contributed by atoms with Crippen molar-refractivity contribution >= 4 is 34.4 Å². The molecule has 124 valence electrons. The Morgan fingerprint density at radius 1 is 1.24 bits per heavy atom. The Morgan fingerprint density at radius 3 is 2.96 bits per heavy atom. The Morgan fingerprint density at radius 2 is 2.12 bits per heavy atom. The first-order chi connectivity index (χ1) is 12.1. The highest BCUT2D eigenvalue weighted by atomic mass is 16.2. The number of nitrogens with two attached hydrogens (primary N) is 1. The molecule has 0 aliphatic heterocycles. The van der Waals surface area contributed by atoms with E-state index in [1.807, 2.05) is 37.3 Å². The van der Waals surface area contributed by atoms with Crippen molar-refractivity contribution in [3.05, 3.63) is 59.8 Å². The van der Waals surface area contributed by atoms with Crippen LogP contribution in [0.4, 0.5) is 17.6 Å². The Hall–Kier alpha value is -3.68. The molecule has 0 saturated heterocycles. The number of fused-ring (bicyclic) bond motifs is 1. The van der Waals surface area contributed by atoms with E-state index in [4.69, 9.17) is 5.73 Å². The highest BCUT2D eigenvalue weighted by Crippen LogP contribution is 2.20. The second kappa shape index (κ2) is 5.75. The van der Waals surface area contributed by atoms with E-state index in [1.165, 1.54) is 0 Å².